The third-order valence-electron chi connectivity index (χ3n) is 14.4. The SMILES string of the molecule is CCc1cc(OC2=C(/C=C/C(C)=Nc3ccc4ccccc4c3C)CCC/C2=C\C=C(/C)N(C)c2ccc3ccccc3c2C)cc(Cc2ccc(O)c(Cc3cc(O)cc(C)c3C)c2C)c1C. The molecule has 8 rings (SSSR count). The van der Waals surface area contributed by atoms with Crippen molar-refractivity contribution in [2.45, 2.75) is 101 Å². The number of hydrogen-bond acceptors (Lipinski definition) is 5. The van der Waals surface area contributed by atoms with Gasteiger partial charge in [0.25, 0.3) is 0 Å². The first-order valence-electron chi connectivity index (χ1n) is 24.1. The summed E-state index contributed by atoms with van der Waals surface area (Å²) in [7, 11) is 2.15. The highest BCUT2D eigenvalue weighted by Crippen LogP contribution is 2.37. The second kappa shape index (κ2) is 20.4. The number of ether oxygens (including phenoxy) is 1. The number of anilines is 1. The summed E-state index contributed by atoms with van der Waals surface area (Å²) in [6.45, 7) is 19.2. The average Bonchev–Trinajstić information content (AvgIpc) is 3.33. The first-order chi connectivity index (χ1) is 32.7. The number of allylic oxidation sites excluding steroid dienone is 7. The molecule has 0 atom stereocenters. The summed E-state index contributed by atoms with van der Waals surface area (Å²) in [5.41, 5.74) is 18.9. The maximum Gasteiger partial charge on any atom is 0.133 e. The summed E-state index contributed by atoms with van der Waals surface area (Å²) in [5, 5.41) is 26.6. The molecule has 0 amide bonds. The van der Waals surface area contributed by atoms with Gasteiger partial charge < -0.3 is 19.8 Å². The van der Waals surface area contributed by atoms with Crippen molar-refractivity contribution in [2.75, 3.05) is 11.9 Å². The summed E-state index contributed by atoms with van der Waals surface area (Å²) in [6.07, 6.45) is 13.7. The van der Waals surface area contributed by atoms with E-state index in [0.717, 1.165) is 98.8 Å². The predicted octanol–water partition coefficient (Wildman–Crippen LogP) is 16.1. The van der Waals surface area contributed by atoms with Crippen molar-refractivity contribution in [3.63, 3.8) is 0 Å². The van der Waals surface area contributed by atoms with Gasteiger partial charge in [-0.05, 0) is 230 Å². The molecule has 0 aromatic heterocycles. The number of aryl methyl sites for hydroxylation is 4. The van der Waals surface area contributed by atoms with E-state index in [4.69, 9.17) is 9.73 Å². The molecule has 5 nitrogen and oxygen atoms in total. The lowest BCUT2D eigenvalue weighted by molar-refractivity contribution is 0.414. The molecule has 68 heavy (non-hydrogen) atoms. The Hall–Kier alpha value is -7.11. The average molecular weight is 899 g/mol. The van der Waals surface area contributed by atoms with Gasteiger partial charge in [0.1, 0.15) is 23.0 Å². The molecule has 1 aliphatic carbocycles. The molecule has 7 aromatic rings. The second-order valence-electron chi connectivity index (χ2n) is 18.8. The number of hydrogen-bond donors (Lipinski definition) is 2. The highest BCUT2D eigenvalue weighted by molar-refractivity contribution is 5.97. The highest BCUT2D eigenvalue weighted by Gasteiger charge is 2.21. The van der Waals surface area contributed by atoms with Crippen molar-refractivity contribution in [2.24, 2.45) is 4.99 Å². The largest absolute Gasteiger partial charge is 0.508 e. The van der Waals surface area contributed by atoms with Crippen LogP contribution in [-0.2, 0) is 19.3 Å². The number of phenols is 2. The van der Waals surface area contributed by atoms with Gasteiger partial charge in [0.15, 0.2) is 0 Å². The summed E-state index contributed by atoms with van der Waals surface area (Å²) in [4.78, 5) is 7.38. The first-order valence-corrected chi connectivity index (χ1v) is 24.1. The van der Waals surface area contributed by atoms with E-state index in [9.17, 15) is 10.2 Å². The maximum atomic E-state index is 11.2. The van der Waals surface area contributed by atoms with Gasteiger partial charge in [-0.2, -0.15) is 0 Å². The summed E-state index contributed by atoms with van der Waals surface area (Å²) >= 11 is 0. The lowest BCUT2D eigenvalue weighted by atomic mass is 9.88. The number of aliphatic imine (C=N–C) groups is 1. The zero-order valence-corrected chi connectivity index (χ0v) is 41.6. The van der Waals surface area contributed by atoms with Crippen molar-refractivity contribution < 1.29 is 14.9 Å². The molecule has 0 fully saturated rings. The molecule has 0 aliphatic heterocycles. The molecular formula is C63H66N2O3. The van der Waals surface area contributed by atoms with E-state index in [1.807, 2.05) is 19.1 Å². The van der Waals surface area contributed by atoms with Gasteiger partial charge in [-0.15, -0.1) is 0 Å². The molecule has 0 saturated heterocycles. The third kappa shape index (κ3) is 10.1. The lowest BCUT2D eigenvalue weighted by Crippen LogP contribution is -2.15. The van der Waals surface area contributed by atoms with E-state index < -0.39 is 0 Å². The number of phenolic OH excluding ortho intramolecular Hbond substituents is 2. The molecule has 346 valence electrons. The van der Waals surface area contributed by atoms with Gasteiger partial charge in [0.05, 0.1) is 5.69 Å². The fourth-order valence-electron chi connectivity index (χ4n) is 9.87. The van der Waals surface area contributed by atoms with Gasteiger partial charge in [-0.3, -0.25) is 4.99 Å². The minimum Gasteiger partial charge on any atom is -0.508 e. The van der Waals surface area contributed by atoms with Crippen LogP contribution in [0.3, 0.4) is 0 Å². The molecule has 0 saturated carbocycles. The summed E-state index contributed by atoms with van der Waals surface area (Å²) < 4.78 is 7.22. The van der Waals surface area contributed by atoms with Crippen LogP contribution in [0.1, 0.15) is 101 Å². The van der Waals surface area contributed by atoms with Crippen molar-refractivity contribution in [1.82, 2.24) is 0 Å². The molecule has 0 spiro atoms. The topological polar surface area (TPSA) is 65.3 Å². The van der Waals surface area contributed by atoms with Crippen molar-refractivity contribution in [1.29, 1.82) is 0 Å². The Morgan fingerprint density at radius 3 is 2.09 bits per heavy atom. The first kappa shape index (κ1) is 47.4. The third-order valence-corrected chi connectivity index (χ3v) is 14.4. The molecule has 0 bridgehead atoms. The van der Waals surface area contributed by atoms with Crippen LogP contribution >= 0.6 is 0 Å². The van der Waals surface area contributed by atoms with E-state index in [0.29, 0.717) is 12.8 Å². The Balaban J connectivity index is 1.17. The molecule has 7 aromatic carbocycles. The van der Waals surface area contributed by atoms with Crippen LogP contribution in [-0.4, -0.2) is 23.0 Å². The Kier molecular flexibility index (Phi) is 14.2. The van der Waals surface area contributed by atoms with E-state index in [1.165, 1.54) is 55.0 Å². The van der Waals surface area contributed by atoms with Crippen LogP contribution in [0, 0.1) is 41.5 Å². The fraction of sp³-hybridized carbons (Fsp3) is 0.254. The zero-order chi connectivity index (χ0) is 48.2. The smallest absolute Gasteiger partial charge is 0.133 e. The normalized spacial score (nSPS) is 14.2. The molecule has 0 radical (unpaired) electrons. The molecular weight excluding hydrogens is 833 g/mol. The van der Waals surface area contributed by atoms with Crippen molar-refractivity contribution in [3.8, 4) is 17.2 Å². The number of fused-ring (bicyclic) bond motifs is 2. The molecule has 5 heteroatoms. The Morgan fingerprint density at radius 2 is 1.35 bits per heavy atom. The van der Waals surface area contributed by atoms with Crippen LogP contribution in [0.2, 0.25) is 0 Å². The van der Waals surface area contributed by atoms with Gasteiger partial charge in [0.2, 0.25) is 0 Å². The van der Waals surface area contributed by atoms with E-state index in [2.05, 4.69) is 183 Å². The Labute approximate surface area is 404 Å². The van der Waals surface area contributed by atoms with Gasteiger partial charge in [0, 0.05) is 36.1 Å². The standard InChI is InChI=1S/C63H66N2O3/c1-11-47-36-56(37-53(43(47)6)34-52-29-32-62(67)59(44(52)7)38-54-35-55(66)33-39(2)42(54)5)68-63-50(25-23-40(3)64-60-30-27-48-17-12-14-21-57(48)45(60)8)19-16-20-51(63)26-24-41(4)65(10)61-31-28-49-18-13-15-22-58(49)46(61)9/h12-15,17-18,21-33,35-37,66-67H,11,16,19-20,34,38H2,1-10H3/b25-23+,41-24+,51-26+,64-40?. The Bertz CT molecular complexity index is 3230. The number of rotatable bonds is 13. The quantitative estimate of drug-likeness (QED) is 0.113. The zero-order valence-electron chi connectivity index (χ0n) is 41.6. The van der Waals surface area contributed by atoms with Crippen LogP contribution in [0.25, 0.3) is 21.5 Å². The predicted molar refractivity (Wildman–Crippen MR) is 288 cm³/mol. The van der Waals surface area contributed by atoms with Crippen molar-refractivity contribution in [3.05, 3.63) is 217 Å². The number of aromatic hydroxyl groups is 2. The molecule has 0 unspecified atom stereocenters. The van der Waals surface area contributed by atoms with E-state index in [1.54, 1.807) is 6.07 Å². The van der Waals surface area contributed by atoms with E-state index in [-0.39, 0.29) is 11.5 Å². The minimum absolute atomic E-state index is 0.245. The highest BCUT2D eigenvalue weighted by atomic mass is 16.5. The van der Waals surface area contributed by atoms with Crippen LogP contribution < -0.4 is 9.64 Å². The van der Waals surface area contributed by atoms with Crippen molar-refractivity contribution >= 4 is 38.6 Å². The number of benzene rings is 7. The second-order valence-corrected chi connectivity index (χ2v) is 18.8. The molecule has 2 N–H and O–H groups in total. The van der Waals surface area contributed by atoms with Crippen LogP contribution in [0.4, 0.5) is 11.4 Å². The summed E-state index contributed by atoms with van der Waals surface area (Å²) in [5.74, 6) is 2.23. The molecule has 1 aliphatic rings. The minimum atomic E-state index is 0.245. The van der Waals surface area contributed by atoms with Gasteiger partial charge >= 0.3 is 0 Å². The van der Waals surface area contributed by atoms with Gasteiger partial charge in [-0.25, -0.2) is 0 Å². The van der Waals surface area contributed by atoms with Crippen LogP contribution in [0.15, 0.2) is 161 Å². The number of nitrogens with zero attached hydrogens (tertiary/aromatic N) is 2. The maximum absolute atomic E-state index is 11.2. The van der Waals surface area contributed by atoms with E-state index >= 15 is 0 Å². The molecule has 0 heterocycles. The Morgan fingerprint density at radius 1 is 0.676 bits per heavy atom. The lowest BCUT2D eigenvalue weighted by Gasteiger charge is -2.25. The monoisotopic (exact) mass is 899 g/mol. The van der Waals surface area contributed by atoms with Crippen LogP contribution in [0.5, 0.6) is 17.2 Å². The van der Waals surface area contributed by atoms with Gasteiger partial charge in [-0.1, -0.05) is 85.8 Å². The fourth-order valence-corrected chi connectivity index (χ4v) is 9.87. The summed E-state index contributed by atoms with van der Waals surface area (Å²) in [6, 6.07) is 37.7.